The van der Waals surface area contributed by atoms with Gasteiger partial charge in [0.05, 0.1) is 33.5 Å². The number of aryl methyl sites for hydroxylation is 1. The predicted molar refractivity (Wildman–Crippen MR) is 113 cm³/mol. The molecule has 2 N–H and O–H groups in total. The van der Waals surface area contributed by atoms with Crippen LogP contribution in [-0.4, -0.2) is 22.5 Å². The van der Waals surface area contributed by atoms with Crippen LogP contribution in [0.1, 0.15) is 10.6 Å². The van der Waals surface area contributed by atoms with Crippen molar-refractivity contribution < 1.29 is 5.11 Å². The Kier molecular flexibility index (Phi) is 4.68. The van der Waals surface area contributed by atoms with Crippen LogP contribution in [0.5, 0.6) is 0 Å². The Hall–Kier alpha value is -2.34. The van der Waals surface area contributed by atoms with Crippen LogP contribution < -0.4 is 4.90 Å². The normalized spacial score (nSPS) is 14.3. The first-order chi connectivity index (χ1) is 13.0. The molecule has 7 heteroatoms. The fourth-order valence-electron chi connectivity index (χ4n) is 2.96. The van der Waals surface area contributed by atoms with Gasteiger partial charge in [-0.25, -0.2) is 4.98 Å². The van der Waals surface area contributed by atoms with Crippen LogP contribution in [0.15, 0.2) is 53.6 Å². The molecule has 0 spiro atoms. The molecule has 4 nitrogen and oxygen atoms in total. The molecule has 0 atom stereocenters. The monoisotopic (exact) mass is 415 g/mol. The van der Waals surface area contributed by atoms with Gasteiger partial charge in [-0.15, -0.1) is 11.3 Å². The summed E-state index contributed by atoms with van der Waals surface area (Å²) in [7, 11) is 0. The Morgan fingerprint density at radius 3 is 2.63 bits per heavy atom. The number of nitrogens with one attached hydrogen (secondary N) is 1. The first kappa shape index (κ1) is 18.0. The zero-order valence-electron chi connectivity index (χ0n) is 14.3. The van der Waals surface area contributed by atoms with Gasteiger partial charge in [-0.05, 0) is 19.1 Å². The Morgan fingerprint density at radius 2 is 1.89 bits per heavy atom. The Bertz CT molecular complexity index is 1070. The summed E-state index contributed by atoms with van der Waals surface area (Å²) in [6.07, 6.45) is 0. The maximum absolute atomic E-state index is 10.5. The SMILES string of the molecule is Cc1ccc(-c2csc(C3=C(O)CN(c4cccc(Cl)c4Cl)C3=N)n2)cc1. The highest BCUT2D eigenvalue weighted by atomic mass is 35.5. The van der Waals surface area contributed by atoms with Crippen LogP contribution >= 0.6 is 34.5 Å². The van der Waals surface area contributed by atoms with Gasteiger partial charge in [0.1, 0.15) is 16.6 Å². The number of aliphatic hydroxyl groups excluding tert-OH is 1. The lowest BCUT2D eigenvalue weighted by Gasteiger charge is -2.20. The number of aliphatic hydroxyl groups is 1. The molecule has 0 saturated heterocycles. The minimum atomic E-state index is 0.0980. The fraction of sp³-hybridized carbons (Fsp3) is 0.100. The smallest absolute Gasteiger partial charge is 0.139 e. The van der Waals surface area contributed by atoms with Crippen LogP contribution in [0.3, 0.4) is 0 Å². The number of benzene rings is 2. The third-order valence-corrected chi connectivity index (χ3v) is 6.06. The van der Waals surface area contributed by atoms with E-state index in [2.05, 4.69) is 4.98 Å². The van der Waals surface area contributed by atoms with E-state index >= 15 is 0 Å². The number of anilines is 1. The molecule has 1 aliphatic heterocycles. The molecule has 3 aromatic rings. The molecule has 0 radical (unpaired) electrons. The molecule has 1 aliphatic rings. The largest absolute Gasteiger partial charge is 0.510 e. The fourth-order valence-corrected chi connectivity index (χ4v) is 4.25. The number of halogens is 2. The lowest BCUT2D eigenvalue weighted by atomic mass is 10.1. The molecule has 4 rings (SSSR count). The van der Waals surface area contributed by atoms with Crippen LogP contribution in [0.2, 0.25) is 10.0 Å². The molecule has 2 aromatic carbocycles. The van der Waals surface area contributed by atoms with E-state index in [1.54, 1.807) is 23.1 Å². The molecule has 0 saturated carbocycles. The average Bonchev–Trinajstić information content (AvgIpc) is 3.23. The number of nitrogens with zero attached hydrogens (tertiary/aromatic N) is 2. The van der Waals surface area contributed by atoms with Crippen molar-refractivity contribution in [2.75, 3.05) is 11.4 Å². The van der Waals surface area contributed by atoms with E-state index in [1.807, 2.05) is 36.6 Å². The highest BCUT2D eigenvalue weighted by Crippen LogP contribution is 2.39. The Balaban J connectivity index is 1.67. The maximum atomic E-state index is 10.5. The van der Waals surface area contributed by atoms with Crippen molar-refractivity contribution in [1.82, 2.24) is 4.98 Å². The molecule has 0 amide bonds. The zero-order valence-corrected chi connectivity index (χ0v) is 16.7. The maximum Gasteiger partial charge on any atom is 0.139 e. The minimum absolute atomic E-state index is 0.0980. The number of hydrogen-bond donors (Lipinski definition) is 2. The Morgan fingerprint density at radius 1 is 1.15 bits per heavy atom. The summed E-state index contributed by atoms with van der Waals surface area (Å²) in [6.45, 7) is 2.20. The highest BCUT2D eigenvalue weighted by molar-refractivity contribution is 7.11. The molecule has 2 heterocycles. The molecule has 0 fully saturated rings. The first-order valence-corrected chi connectivity index (χ1v) is 9.85. The molecule has 0 unspecified atom stereocenters. The Labute approximate surface area is 170 Å². The van der Waals surface area contributed by atoms with E-state index in [1.165, 1.54) is 16.9 Å². The quantitative estimate of drug-likeness (QED) is 0.535. The van der Waals surface area contributed by atoms with Gasteiger partial charge in [0, 0.05) is 10.9 Å². The van der Waals surface area contributed by atoms with Gasteiger partial charge >= 0.3 is 0 Å². The molecular formula is C20H15Cl2N3OS. The third-order valence-electron chi connectivity index (χ3n) is 4.39. The summed E-state index contributed by atoms with van der Waals surface area (Å²) in [5.41, 5.74) is 4.02. The van der Waals surface area contributed by atoms with Crippen molar-refractivity contribution in [3.05, 3.63) is 74.2 Å². The first-order valence-electron chi connectivity index (χ1n) is 8.21. The zero-order chi connectivity index (χ0) is 19.1. The van der Waals surface area contributed by atoms with Gasteiger partial charge in [0.2, 0.25) is 0 Å². The average molecular weight is 416 g/mol. The van der Waals surface area contributed by atoms with E-state index in [-0.39, 0.29) is 18.1 Å². The van der Waals surface area contributed by atoms with Gasteiger partial charge in [0.25, 0.3) is 0 Å². The molecule has 0 bridgehead atoms. The van der Waals surface area contributed by atoms with Crippen LogP contribution in [0.25, 0.3) is 16.8 Å². The molecule has 1 aromatic heterocycles. The van der Waals surface area contributed by atoms with Crippen molar-refractivity contribution in [1.29, 1.82) is 5.41 Å². The molecular weight excluding hydrogens is 401 g/mol. The second-order valence-corrected chi connectivity index (χ2v) is 7.88. The summed E-state index contributed by atoms with van der Waals surface area (Å²) in [4.78, 5) is 6.27. The predicted octanol–water partition coefficient (Wildman–Crippen LogP) is 6.19. The topological polar surface area (TPSA) is 60.2 Å². The number of aromatic nitrogens is 1. The van der Waals surface area contributed by atoms with Crippen LogP contribution in [0.4, 0.5) is 5.69 Å². The van der Waals surface area contributed by atoms with Gasteiger partial charge in [0.15, 0.2) is 0 Å². The summed E-state index contributed by atoms with van der Waals surface area (Å²) in [5, 5.41) is 22.4. The van der Waals surface area contributed by atoms with Crippen molar-refractivity contribution in [2.45, 2.75) is 6.92 Å². The van der Waals surface area contributed by atoms with Gasteiger partial charge in [-0.2, -0.15) is 0 Å². The minimum Gasteiger partial charge on any atom is -0.510 e. The van der Waals surface area contributed by atoms with Gasteiger partial charge in [-0.3, -0.25) is 5.41 Å². The van der Waals surface area contributed by atoms with Crippen molar-refractivity contribution in [3.63, 3.8) is 0 Å². The second-order valence-electron chi connectivity index (χ2n) is 6.23. The number of hydrogen-bond acceptors (Lipinski definition) is 4. The van der Waals surface area contributed by atoms with E-state index < -0.39 is 0 Å². The summed E-state index contributed by atoms with van der Waals surface area (Å²) >= 11 is 13.8. The van der Waals surface area contributed by atoms with Gasteiger partial charge in [-0.1, -0.05) is 59.1 Å². The van der Waals surface area contributed by atoms with E-state index in [0.717, 1.165) is 11.3 Å². The molecule has 0 aliphatic carbocycles. The number of rotatable bonds is 3. The standard InChI is InChI=1S/C20H15Cl2N3OS/c1-11-5-7-12(8-6-11)14-10-27-20(24-14)17-16(26)9-25(19(17)23)15-4-2-3-13(21)18(15)22/h2-8,10,23,26H,9H2,1H3. The van der Waals surface area contributed by atoms with Crippen molar-refractivity contribution in [3.8, 4) is 11.3 Å². The number of thiazole rings is 1. The number of amidine groups is 1. The van der Waals surface area contributed by atoms with Crippen molar-refractivity contribution in [2.24, 2.45) is 0 Å². The van der Waals surface area contributed by atoms with Crippen LogP contribution in [-0.2, 0) is 0 Å². The van der Waals surface area contributed by atoms with Crippen LogP contribution in [0, 0.1) is 12.3 Å². The molecule has 27 heavy (non-hydrogen) atoms. The molecule has 136 valence electrons. The van der Waals surface area contributed by atoms with E-state index in [0.29, 0.717) is 26.3 Å². The summed E-state index contributed by atoms with van der Waals surface area (Å²) in [6, 6.07) is 13.3. The lowest BCUT2D eigenvalue weighted by Crippen LogP contribution is -2.26. The summed E-state index contributed by atoms with van der Waals surface area (Å²) < 4.78 is 0. The summed E-state index contributed by atoms with van der Waals surface area (Å²) in [5.74, 6) is 0.252. The highest BCUT2D eigenvalue weighted by Gasteiger charge is 2.32. The van der Waals surface area contributed by atoms with E-state index in [4.69, 9.17) is 28.6 Å². The van der Waals surface area contributed by atoms with E-state index in [9.17, 15) is 5.11 Å². The second kappa shape index (κ2) is 7.00. The third kappa shape index (κ3) is 3.23. The lowest BCUT2D eigenvalue weighted by molar-refractivity contribution is 0.411. The van der Waals surface area contributed by atoms with Gasteiger partial charge < -0.3 is 10.0 Å². The van der Waals surface area contributed by atoms with Crippen molar-refractivity contribution >= 4 is 51.6 Å².